The molecular weight excluding hydrogens is 593 g/mol. The summed E-state index contributed by atoms with van der Waals surface area (Å²) in [6.45, 7) is 13.0. The van der Waals surface area contributed by atoms with Gasteiger partial charge < -0.3 is 9.47 Å². The number of hydrogen-bond acceptors (Lipinski definition) is 4. The van der Waals surface area contributed by atoms with Crippen LogP contribution in [0.25, 0.3) is 21.8 Å². The van der Waals surface area contributed by atoms with Gasteiger partial charge in [0, 0.05) is 88.3 Å². The van der Waals surface area contributed by atoms with Gasteiger partial charge in [-0.05, 0) is 60.8 Å². The Bertz CT molecular complexity index is 2070. The SMILES string of the molecule is CCN(CC)P(C=C1N(C)c2ccccc2C1(C)C)(=NC(=O)c1ccc([N+](=O)[O-])cc1)c1ccc2c(c1)c1ccccc1n2CC. The third-order valence-electron chi connectivity index (χ3n) is 9.42. The minimum Gasteiger partial charge on any atom is -0.347 e. The number of nitro groups is 1. The summed E-state index contributed by atoms with van der Waals surface area (Å²) in [5.74, 6) is 1.89. The van der Waals surface area contributed by atoms with Crippen LogP contribution in [0.5, 0.6) is 0 Å². The van der Waals surface area contributed by atoms with E-state index in [2.05, 4.69) is 128 Å². The number of carbonyl (C=O) groups excluding carboxylic acids is 1. The Balaban J connectivity index is 1.69. The third kappa shape index (κ3) is 4.97. The molecule has 4 aromatic carbocycles. The van der Waals surface area contributed by atoms with E-state index in [1.807, 2.05) is 0 Å². The zero-order valence-electron chi connectivity index (χ0n) is 27.3. The van der Waals surface area contributed by atoms with Crippen LogP contribution < -0.4 is 10.2 Å². The van der Waals surface area contributed by atoms with Gasteiger partial charge in [-0.3, -0.25) is 19.6 Å². The molecule has 8 nitrogen and oxygen atoms in total. The average molecular weight is 634 g/mol. The Morgan fingerprint density at radius 2 is 1.57 bits per heavy atom. The molecule has 2 heterocycles. The van der Waals surface area contributed by atoms with Crippen molar-refractivity contribution in [3.05, 3.63) is 124 Å². The van der Waals surface area contributed by atoms with E-state index in [0.717, 1.165) is 34.1 Å². The number of aryl methyl sites for hydroxylation is 1. The molecule has 9 heteroatoms. The summed E-state index contributed by atoms with van der Waals surface area (Å²) in [5, 5.41) is 14.6. The first kappa shape index (κ1) is 31.5. The van der Waals surface area contributed by atoms with Crippen LogP contribution in [0.4, 0.5) is 11.4 Å². The number of aromatic nitrogens is 1. The highest BCUT2D eigenvalue weighted by Crippen LogP contribution is 2.59. The second-order valence-electron chi connectivity index (χ2n) is 12.2. The fraction of sp³-hybridized carbons (Fsp3) is 0.270. The van der Waals surface area contributed by atoms with Gasteiger partial charge in [0.2, 0.25) is 0 Å². The maximum Gasteiger partial charge on any atom is 0.277 e. The highest BCUT2D eigenvalue weighted by molar-refractivity contribution is 7.75. The number of nitro benzene ring substituents is 1. The van der Waals surface area contributed by atoms with Gasteiger partial charge >= 0.3 is 0 Å². The maximum absolute atomic E-state index is 14.2. The Hall–Kier alpha value is -4.52. The average Bonchev–Trinajstić information content (AvgIpc) is 3.49. The quantitative estimate of drug-likeness (QED) is 0.0968. The predicted molar refractivity (Wildman–Crippen MR) is 190 cm³/mol. The van der Waals surface area contributed by atoms with Crippen molar-refractivity contribution in [2.75, 3.05) is 25.0 Å². The number of likely N-dealkylation sites (N-methyl/N-ethyl adjacent to an activating group) is 1. The second kappa shape index (κ2) is 12.0. The summed E-state index contributed by atoms with van der Waals surface area (Å²) in [4.78, 5) is 27.4. The number of rotatable bonds is 8. The van der Waals surface area contributed by atoms with Crippen LogP contribution in [-0.4, -0.2) is 40.2 Å². The second-order valence-corrected chi connectivity index (χ2v) is 15.0. The molecule has 1 aliphatic heterocycles. The molecule has 5 aromatic rings. The van der Waals surface area contributed by atoms with Crippen molar-refractivity contribution in [2.24, 2.45) is 4.74 Å². The molecule has 0 fully saturated rings. The van der Waals surface area contributed by atoms with Crippen molar-refractivity contribution in [3.8, 4) is 0 Å². The summed E-state index contributed by atoms with van der Waals surface area (Å²) in [7, 11) is -0.836. The van der Waals surface area contributed by atoms with Crippen molar-refractivity contribution in [3.63, 3.8) is 0 Å². The number of non-ortho nitro benzene ring substituents is 1. The molecule has 1 amide bonds. The van der Waals surface area contributed by atoms with Crippen LogP contribution in [0.1, 0.15) is 50.5 Å². The van der Waals surface area contributed by atoms with Gasteiger partial charge in [-0.2, -0.15) is 0 Å². The number of amides is 1. The summed E-state index contributed by atoms with van der Waals surface area (Å²) in [6.07, 6.45) is 0. The summed E-state index contributed by atoms with van der Waals surface area (Å²) < 4.78 is 9.88. The lowest BCUT2D eigenvalue weighted by molar-refractivity contribution is -0.384. The van der Waals surface area contributed by atoms with E-state index in [-0.39, 0.29) is 17.0 Å². The summed E-state index contributed by atoms with van der Waals surface area (Å²) >= 11 is 0. The van der Waals surface area contributed by atoms with Crippen LogP contribution >= 0.6 is 7.21 Å². The first-order chi connectivity index (χ1) is 22.1. The van der Waals surface area contributed by atoms with Crippen LogP contribution in [0.2, 0.25) is 0 Å². The Kier molecular flexibility index (Phi) is 8.21. The lowest BCUT2D eigenvalue weighted by Crippen LogP contribution is -2.29. The fourth-order valence-electron chi connectivity index (χ4n) is 7.03. The van der Waals surface area contributed by atoms with Crippen molar-refractivity contribution in [2.45, 2.75) is 46.6 Å². The first-order valence-corrected chi connectivity index (χ1v) is 17.6. The van der Waals surface area contributed by atoms with Crippen molar-refractivity contribution < 1.29 is 9.72 Å². The Morgan fingerprint density at radius 1 is 0.913 bits per heavy atom. The van der Waals surface area contributed by atoms with E-state index in [1.165, 1.54) is 40.7 Å². The molecule has 1 aromatic heterocycles. The number of fused-ring (bicyclic) bond motifs is 4. The number of allylic oxidation sites excluding steroid dienone is 1. The topological polar surface area (TPSA) is 84.0 Å². The molecule has 46 heavy (non-hydrogen) atoms. The molecule has 236 valence electrons. The predicted octanol–water partition coefficient (Wildman–Crippen LogP) is 8.92. The van der Waals surface area contributed by atoms with Gasteiger partial charge in [0.25, 0.3) is 11.6 Å². The van der Waals surface area contributed by atoms with E-state index in [9.17, 15) is 14.9 Å². The molecular formula is C37H40N5O3P. The van der Waals surface area contributed by atoms with Crippen LogP contribution in [0.15, 0.2) is 107 Å². The number of carbonyl (C=O) groups is 1. The minimum absolute atomic E-state index is 0.0617. The number of nitrogens with zero attached hydrogens (tertiary/aromatic N) is 5. The van der Waals surface area contributed by atoms with Crippen molar-refractivity contribution in [1.82, 2.24) is 9.24 Å². The van der Waals surface area contributed by atoms with E-state index in [1.54, 1.807) is 0 Å². The van der Waals surface area contributed by atoms with E-state index >= 15 is 0 Å². The maximum atomic E-state index is 14.2. The molecule has 0 saturated carbocycles. The highest BCUT2D eigenvalue weighted by atomic mass is 31.2. The van der Waals surface area contributed by atoms with Crippen LogP contribution in [-0.2, 0) is 12.0 Å². The molecule has 0 aliphatic carbocycles. The van der Waals surface area contributed by atoms with Gasteiger partial charge in [0.1, 0.15) is 0 Å². The van der Waals surface area contributed by atoms with Crippen molar-refractivity contribution in [1.29, 1.82) is 0 Å². The van der Waals surface area contributed by atoms with Gasteiger partial charge in [0.05, 0.1) is 12.1 Å². The molecule has 1 unspecified atom stereocenters. The number of benzene rings is 4. The van der Waals surface area contributed by atoms with Gasteiger partial charge in [-0.1, -0.05) is 64.1 Å². The molecule has 6 rings (SSSR count). The lowest BCUT2D eigenvalue weighted by atomic mass is 9.84. The molecule has 0 N–H and O–H groups in total. The van der Waals surface area contributed by atoms with Crippen LogP contribution in [0, 0.1) is 10.1 Å². The fourth-order valence-corrected chi connectivity index (χ4v) is 10.7. The summed E-state index contributed by atoms with van der Waals surface area (Å²) in [6, 6.07) is 29.2. The Morgan fingerprint density at radius 3 is 2.22 bits per heavy atom. The van der Waals surface area contributed by atoms with Gasteiger partial charge in [-0.25, -0.2) is 4.74 Å². The van der Waals surface area contributed by atoms with E-state index < -0.39 is 12.1 Å². The van der Waals surface area contributed by atoms with E-state index in [0.29, 0.717) is 18.7 Å². The van der Waals surface area contributed by atoms with E-state index in [4.69, 9.17) is 4.74 Å². The minimum atomic E-state index is -2.93. The lowest BCUT2D eigenvalue weighted by Gasteiger charge is -2.36. The normalized spacial score (nSPS) is 16.2. The number of hydrogen-bond donors (Lipinski definition) is 0. The van der Waals surface area contributed by atoms with Crippen molar-refractivity contribution >= 4 is 51.6 Å². The highest BCUT2D eigenvalue weighted by Gasteiger charge is 2.41. The first-order valence-electron chi connectivity index (χ1n) is 15.8. The third-order valence-corrected chi connectivity index (χ3v) is 13.0. The standard InChI is InChI=1S/C37H40N5O3P/c1-7-40(8-2)46(38-36(43)26-18-20-27(21-19-26)42(44)45,25-35-37(4,5)31-15-11-13-17-34(31)39(35)6)28-22-23-33-30(24-28)29-14-10-12-16-32(29)41(33)9-3/h10-25H,7-9H2,1-6H3. The van der Waals surface area contributed by atoms with Gasteiger partial charge in [0.15, 0.2) is 0 Å². The molecule has 1 atom stereocenters. The molecule has 0 radical (unpaired) electrons. The number of para-hydroxylation sites is 2. The zero-order chi connectivity index (χ0) is 32.8. The molecule has 0 bridgehead atoms. The molecule has 1 aliphatic rings. The monoisotopic (exact) mass is 633 g/mol. The smallest absolute Gasteiger partial charge is 0.277 e. The molecule has 0 saturated heterocycles. The van der Waals surface area contributed by atoms with Crippen LogP contribution in [0.3, 0.4) is 0 Å². The molecule has 0 spiro atoms. The number of anilines is 1. The Labute approximate surface area is 270 Å². The largest absolute Gasteiger partial charge is 0.347 e. The zero-order valence-corrected chi connectivity index (χ0v) is 28.2. The summed E-state index contributed by atoms with van der Waals surface area (Å²) in [5.41, 5.74) is 5.70. The van der Waals surface area contributed by atoms with Gasteiger partial charge in [-0.15, -0.1) is 0 Å².